The average molecular weight is 576 g/mol. The van der Waals surface area contributed by atoms with Crippen LogP contribution in [0.3, 0.4) is 0 Å². The van der Waals surface area contributed by atoms with E-state index in [1.165, 1.54) is 0 Å². The number of aliphatic imine (C=N–C) groups is 1. The number of carboxylic acid groups (broad SMARTS) is 1. The predicted molar refractivity (Wildman–Crippen MR) is 149 cm³/mol. The normalized spacial score (nSPS) is 13.8. The molecule has 4 amide bonds. The van der Waals surface area contributed by atoms with Gasteiger partial charge in [-0.2, -0.15) is 0 Å². The Bertz CT molecular complexity index is 1260. The third-order valence-corrected chi connectivity index (χ3v) is 6.14. The topological polar surface area (TPSA) is 294 Å². The van der Waals surface area contributed by atoms with Gasteiger partial charge in [-0.25, -0.2) is 4.79 Å². The number of primary amides is 1. The Morgan fingerprint density at radius 3 is 2.17 bits per heavy atom. The molecule has 0 radical (unpaired) electrons. The summed E-state index contributed by atoms with van der Waals surface area (Å²) in [5, 5.41) is 27.1. The standard InChI is InChI=1S/C25H37N9O7/c26-15(10-13-11-31-16-5-2-1-4-14(13)16)21(37)34-19(12-35)23(39)32-17(7-8-20(27)36)22(38)33-18(24(40)41)6-3-9-30-25(28)29/h1-2,4-5,11,15,17-19,31,35H,3,6-10,12,26H2,(H2,27,36)(H,32,39)(H,33,38)(H,34,37)(H,40,41)(H4,28,29,30). The number of carbonyl (C=O) groups excluding carboxylic acids is 4. The van der Waals surface area contributed by atoms with Crippen molar-refractivity contribution in [3.63, 3.8) is 0 Å². The second kappa shape index (κ2) is 15.8. The smallest absolute Gasteiger partial charge is 0.326 e. The fourth-order valence-electron chi connectivity index (χ4n) is 3.96. The first kappa shape index (κ1) is 32.5. The van der Waals surface area contributed by atoms with Gasteiger partial charge in [-0.15, -0.1) is 0 Å². The summed E-state index contributed by atoms with van der Waals surface area (Å²) in [6.45, 7) is -0.700. The highest BCUT2D eigenvalue weighted by molar-refractivity contribution is 5.94. The highest BCUT2D eigenvalue weighted by Crippen LogP contribution is 2.18. The molecular formula is C25H37N9O7. The molecule has 0 bridgehead atoms. The lowest BCUT2D eigenvalue weighted by Gasteiger charge is -2.24. The Kier molecular flexibility index (Phi) is 12.5. The number of hydrogen-bond acceptors (Lipinski definition) is 8. The summed E-state index contributed by atoms with van der Waals surface area (Å²) >= 11 is 0. The highest BCUT2D eigenvalue weighted by atomic mass is 16.4. The number of fused-ring (bicyclic) bond motifs is 1. The number of aliphatic hydroxyl groups excluding tert-OH is 1. The van der Waals surface area contributed by atoms with Crippen LogP contribution in [0.4, 0.5) is 0 Å². The zero-order chi connectivity index (χ0) is 30.5. The number of aliphatic hydroxyl groups is 1. The van der Waals surface area contributed by atoms with Crippen LogP contribution in [-0.4, -0.2) is 88.1 Å². The Morgan fingerprint density at radius 2 is 1.54 bits per heavy atom. The molecule has 14 N–H and O–H groups in total. The van der Waals surface area contributed by atoms with Crippen molar-refractivity contribution in [2.75, 3.05) is 13.2 Å². The summed E-state index contributed by atoms with van der Waals surface area (Å²) in [5.41, 5.74) is 23.3. The lowest BCUT2D eigenvalue weighted by molar-refractivity contribution is -0.142. The number of nitrogens with two attached hydrogens (primary N) is 4. The van der Waals surface area contributed by atoms with Crippen molar-refractivity contribution in [2.45, 2.75) is 56.3 Å². The van der Waals surface area contributed by atoms with Crippen LogP contribution in [-0.2, 0) is 30.4 Å². The van der Waals surface area contributed by atoms with Crippen molar-refractivity contribution in [1.29, 1.82) is 0 Å². The van der Waals surface area contributed by atoms with Crippen LogP contribution < -0.4 is 38.9 Å². The van der Waals surface area contributed by atoms with Crippen LogP contribution in [0.5, 0.6) is 0 Å². The number of amides is 4. The van der Waals surface area contributed by atoms with Gasteiger partial charge in [0.2, 0.25) is 23.6 Å². The van der Waals surface area contributed by atoms with Crippen LogP contribution >= 0.6 is 0 Å². The molecule has 4 unspecified atom stereocenters. The van der Waals surface area contributed by atoms with Gasteiger partial charge in [-0.05, 0) is 37.3 Å². The second-order valence-electron chi connectivity index (χ2n) is 9.33. The molecule has 2 aromatic rings. The van der Waals surface area contributed by atoms with E-state index in [1.807, 2.05) is 24.3 Å². The highest BCUT2D eigenvalue weighted by Gasteiger charge is 2.30. The Balaban J connectivity index is 2.04. The van der Waals surface area contributed by atoms with E-state index in [0.29, 0.717) is 0 Å². The van der Waals surface area contributed by atoms with E-state index in [9.17, 15) is 34.2 Å². The maximum atomic E-state index is 12.9. The van der Waals surface area contributed by atoms with Crippen molar-refractivity contribution >= 4 is 46.5 Å². The minimum atomic E-state index is -1.49. The van der Waals surface area contributed by atoms with Gasteiger partial charge in [-0.1, -0.05) is 18.2 Å². The summed E-state index contributed by atoms with van der Waals surface area (Å²) in [5.74, 6) is -4.86. The van der Waals surface area contributed by atoms with Crippen LogP contribution in [0.25, 0.3) is 10.9 Å². The zero-order valence-corrected chi connectivity index (χ0v) is 22.3. The van der Waals surface area contributed by atoms with Gasteiger partial charge in [-0.3, -0.25) is 24.2 Å². The molecule has 0 fully saturated rings. The summed E-state index contributed by atoms with van der Waals surface area (Å²) < 4.78 is 0. The first-order chi connectivity index (χ1) is 19.4. The second-order valence-corrected chi connectivity index (χ2v) is 9.33. The van der Waals surface area contributed by atoms with Gasteiger partial charge in [0.05, 0.1) is 12.6 Å². The maximum Gasteiger partial charge on any atom is 0.326 e. The number of hydrogen-bond donors (Lipinski definition) is 10. The van der Waals surface area contributed by atoms with E-state index in [0.717, 1.165) is 16.5 Å². The van der Waals surface area contributed by atoms with Crippen molar-refractivity contribution in [1.82, 2.24) is 20.9 Å². The number of benzene rings is 1. The predicted octanol–water partition coefficient (Wildman–Crippen LogP) is -3.11. The molecule has 41 heavy (non-hydrogen) atoms. The summed E-state index contributed by atoms with van der Waals surface area (Å²) in [4.78, 5) is 68.3. The molecule has 16 heteroatoms. The van der Waals surface area contributed by atoms with E-state index in [-0.39, 0.29) is 44.6 Å². The van der Waals surface area contributed by atoms with Crippen molar-refractivity contribution in [3.8, 4) is 0 Å². The number of guanidine groups is 1. The molecule has 0 saturated heterocycles. The van der Waals surface area contributed by atoms with E-state index >= 15 is 0 Å². The van der Waals surface area contributed by atoms with Crippen LogP contribution in [0.2, 0.25) is 0 Å². The number of aromatic nitrogens is 1. The quantitative estimate of drug-likeness (QED) is 0.0514. The number of aliphatic carboxylic acids is 1. The number of rotatable bonds is 17. The molecule has 224 valence electrons. The molecule has 1 aromatic carbocycles. The Hall–Kier alpha value is -4.70. The molecule has 0 spiro atoms. The molecule has 0 aliphatic heterocycles. The molecular weight excluding hydrogens is 538 g/mol. The van der Waals surface area contributed by atoms with Gasteiger partial charge >= 0.3 is 5.97 Å². The third-order valence-electron chi connectivity index (χ3n) is 6.14. The number of H-pyrrole nitrogens is 1. The maximum absolute atomic E-state index is 12.9. The van der Waals surface area contributed by atoms with Gasteiger partial charge in [0.25, 0.3) is 0 Å². The molecule has 1 heterocycles. The number of carbonyl (C=O) groups is 5. The molecule has 2 rings (SSSR count). The largest absolute Gasteiger partial charge is 0.480 e. The number of nitrogens with zero attached hydrogens (tertiary/aromatic N) is 1. The van der Waals surface area contributed by atoms with Crippen LogP contribution in [0, 0.1) is 0 Å². The molecule has 0 aliphatic carbocycles. The number of aromatic amines is 1. The Morgan fingerprint density at radius 1 is 0.902 bits per heavy atom. The SMILES string of the molecule is NC(=O)CCC(NC(=O)C(CO)NC(=O)C(N)Cc1c[nH]c2ccccc12)C(=O)NC(CCCN=C(N)N)C(=O)O. The van der Waals surface area contributed by atoms with E-state index in [1.54, 1.807) is 6.20 Å². The number of nitrogens with one attached hydrogen (secondary N) is 4. The first-order valence-corrected chi connectivity index (χ1v) is 12.8. The van der Waals surface area contributed by atoms with Crippen molar-refractivity contribution < 1.29 is 34.2 Å². The molecule has 0 saturated carbocycles. The summed E-state index contributed by atoms with van der Waals surface area (Å²) in [7, 11) is 0. The lowest BCUT2D eigenvalue weighted by Crippen LogP contribution is -2.58. The number of para-hydroxylation sites is 1. The van der Waals surface area contributed by atoms with E-state index in [4.69, 9.17) is 22.9 Å². The van der Waals surface area contributed by atoms with E-state index in [2.05, 4.69) is 25.9 Å². The van der Waals surface area contributed by atoms with Gasteiger partial charge in [0.15, 0.2) is 5.96 Å². The molecule has 0 aliphatic rings. The first-order valence-electron chi connectivity index (χ1n) is 12.8. The monoisotopic (exact) mass is 575 g/mol. The van der Waals surface area contributed by atoms with Crippen molar-refractivity contribution in [2.24, 2.45) is 27.9 Å². The van der Waals surface area contributed by atoms with E-state index < -0.39 is 60.4 Å². The molecule has 16 nitrogen and oxygen atoms in total. The lowest BCUT2D eigenvalue weighted by atomic mass is 10.0. The average Bonchev–Trinajstić information content (AvgIpc) is 3.33. The minimum absolute atomic E-state index is 0.0298. The fourth-order valence-corrected chi connectivity index (χ4v) is 3.96. The fraction of sp³-hybridized carbons (Fsp3) is 0.440. The number of carboxylic acids is 1. The third kappa shape index (κ3) is 10.4. The molecule has 1 aromatic heterocycles. The van der Waals surface area contributed by atoms with Crippen LogP contribution in [0.15, 0.2) is 35.5 Å². The summed E-state index contributed by atoms with van der Waals surface area (Å²) in [6.07, 6.45) is 1.48. The zero-order valence-electron chi connectivity index (χ0n) is 22.3. The van der Waals surface area contributed by atoms with Crippen molar-refractivity contribution in [3.05, 3.63) is 36.0 Å². The summed E-state index contributed by atoms with van der Waals surface area (Å²) in [6, 6.07) is 2.12. The van der Waals surface area contributed by atoms with Gasteiger partial charge in [0, 0.05) is 30.1 Å². The van der Waals surface area contributed by atoms with Gasteiger partial charge < -0.3 is 54.1 Å². The van der Waals surface area contributed by atoms with Crippen LogP contribution in [0.1, 0.15) is 31.2 Å². The molecule has 4 atom stereocenters. The Labute approximate surface area is 235 Å². The minimum Gasteiger partial charge on any atom is -0.480 e. The van der Waals surface area contributed by atoms with Gasteiger partial charge in [0.1, 0.15) is 18.1 Å².